The lowest BCUT2D eigenvalue weighted by Crippen LogP contribution is -2.30. The number of aromatic nitrogens is 4. The van der Waals surface area contributed by atoms with Crippen molar-refractivity contribution in [2.45, 2.75) is 6.42 Å². The van der Waals surface area contributed by atoms with Crippen LogP contribution in [0.5, 0.6) is 0 Å². The van der Waals surface area contributed by atoms with Crippen LogP contribution in [0.25, 0.3) is 5.65 Å². The normalized spacial score (nSPS) is 11.0. The van der Waals surface area contributed by atoms with Gasteiger partial charge in [-0.05, 0) is 13.0 Å². The van der Waals surface area contributed by atoms with Crippen LogP contribution in [0.4, 0.5) is 5.82 Å². The summed E-state index contributed by atoms with van der Waals surface area (Å²) in [5.74, 6) is 0.820. The van der Waals surface area contributed by atoms with Crippen molar-refractivity contribution in [2.24, 2.45) is 5.73 Å². The van der Waals surface area contributed by atoms with Crippen LogP contribution in [-0.2, 0) is 4.74 Å². The Morgan fingerprint density at radius 1 is 1.44 bits per heavy atom. The van der Waals surface area contributed by atoms with Crippen LogP contribution < -0.4 is 10.6 Å². The zero-order valence-corrected chi connectivity index (χ0v) is 10.5. The van der Waals surface area contributed by atoms with Crippen molar-refractivity contribution in [3.05, 3.63) is 18.7 Å². The van der Waals surface area contributed by atoms with Gasteiger partial charge in [0.25, 0.3) is 0 Å². The van der Waals surface area contributed by atoms with Crippen LogP contribution >= 0.6 is 0 Å². The van der Waals surface area contributed by atoms with Crippen LogP contribution in [0.15, 0.2) is 18.7 Å². The van der Waals surface area contributed by atoms with Crippen LogP contribution in [-0.4, -0.2) is 52.9 Å². The quantitative estimate of drug-likeness (QED) is 0.740. The third-order valence-electron chi connectivity index (χ3n) is 2.69. The molecule has 0 saturated carbocycles. The van der Waals surface area contributed by atoms with E-state index in [2.05, 4.69) is 20.1 Å². The summed E-state index contributed by atoms with van der Waals surface area (Å²) in [5.41, 5.74) is 6.32. The number of fused-ring (bicyclic) bond motifs is 1. The fourth-order valence-corrected chi connectivity index (χ4v) is 1.78. The molecule has 0 aliphatic rings. The first kappa shape index (κ1) is 12.7. The zero-order chi connectivity index (χ0) is 12.8. The molecule has 2 N–H and O–H groups in total. The molecule has 0 bridgehead atoms. The number of rotatable bonds is 7. The molecule has 0 aliphatic heterocycles. The SMILES string of the molecule is COCCN(CCCN)c1nccn2cnnc12. The van der Waals surface area contributed by atoms with E-state index in [1.165, 1.54) is 0 Å². The van der Waals surface area contributed by atoms with E-state index in [-0.39, 0.29) is 0 Å². The molecule has 2 rings (SSSR count). The third-order valence-corrected chi connectivity index (χ3v) is 2.69. The minimum Gasteiger partial charge on any atom is -0.383 e. The average molecular weight is 250 g/mol. The van der Waals surface area contributed by atoms with Gasteiger partial charge in [-0.25, -0.2) is 4.98 Å². The number of nitrogens with zero attached hydrogens (tertiary/aromatic N) is 5. The first-order valence-corrected chi connectivity index (χ1v) is 5.95. The second kappa shape index (κ2) is 6.27. The molecular weight excluding hydrogens is 232 g/mol. The van der Waals surface area contributed by atoms with Gasteiger partial charge in [-0.1, -0.05) is 0 Å². The topological polar surface area (TPSA) is 81.6 Å². The Kier molecular flexibility index (Phi) is 4.43. The Balaban J connectivity index is 2.24. The minimum atomic E-state index is 0.640. The maximum absolute atomic E-state index is 5.56. The molecule has 0 spiro atoms. The highest BCUT2D eigenvalue weighted by molar-refractivity contribution is 5.63. The molecule has 0 aromatic carbocycles. The van der Waals surface area contributed by atoms with E-state index in [0.717, 1.165) is 31.0 Å². The molecule has 2 heterocycles. The molecule has 0 atom stereocenters. The van der Waals surface area contributed by atoms with E-state index in [0.29, 0.717) is 13.2 Å². The Labute approximate surface area is 106 Å². The van der Waals surface area contributed by atoms with Crippen molar-refractivity contribution in [3.8, 4) is 0 Å². The van der Waals surface area contributed by atoms with E-state index in [4.69, 9.17) is 10.5 Å². The van der Waals surface area contributed by atoms with Crippen LogP contribution in [0.2, 0.25) is 0 Å². The molecule has 0 unspecified atom stereocenters. The molecule has 0 saturated heterocycles. The Hall–Kier alpha value is -1.73. The van der Waals surface area contributed by atoms with E-state index in [1.807, 2.05) is 10.6 Å². The van der Waals surface area contributed by atoms with Gasteiger partial charge in [0.2, 0.25) is 5.65 Å². The number of ether oxygens (including phenoxy) is 1. The molecule has 98 valence electrons. The van der Waals surface area contributed by atoms with Crippen molar-refractivity contribution in [1.82, 2.24) is 19.6 Å². The fraction of sp³-hybridized carbons (Fsp3) is 0.545. The summed E-state index contributed by atoms with van der Waals surface area (Å²) in [5, 5.41) is 7.99. The third kappa shape index (κ3) is 2.74. The summed E-state index contributed by atoms with van der Waals surface area (Å²) in [6.45, 7) is 2.89. The van der Waals surface area contributed by atoms with Crippen molar-refractivity contribution in [1.29, 1.82) is 0 Å². The van der Waals surface area contributed by atoms with E-state index in [9.17, 15) is 0 Å². The standard InChI is InChI=1S/C11H18N6O/c1-18-8-7-16(5-2-3-12)10-11-15-14-9-17(11)6-4-13-10/h4,6,9H,2-3,5,7-8,12H2,1H3. The highest BCUT2D eigenvalue weighted by Crippen LogP contribution is 2.15. The van der Waals surface area contributed by atoms with E-state index >= 15 is 0 Å². The Morgan fingerprint density at radius 3 is 3.11 bits per heavy atom. The lowest BCUT2D eigenvalue weighted by Gasteiger charge is -2.23. The van der Waals surface area contributed by atoms with Gasteiger partial charge in [-0.2, -0.15) is 0 Å². The zero-order valence-electron chi connectivity index (χ0n) is 10.5. The lowest BCUT2D eigenvalue weighted by atomic mass is 10.3. The van der Waals surface area contributed by atoms with Crippen LogP contribution in [0, 0.1) is 0 Å². The van der Waals surface area contributed by atoms with Crippen molar-refractivity contribution in [3.63, 3.8) is 0 Å². The molecule has 2 aromatic heterocycles. The lowest BCUT2D eigenvalue weighted by molar-refractivity contribution is 0.205. The van der Waals surface area contributed by atoms with Gasteiger partial charge >= 0.3 is 0 Å². The molecule has 0 radical (unpaired) electrons. The van der Waals surface area contributed by atoms with E-state index in [1.54, 1.807) is 19.6 Å². The smallest absolute Gasteiger partial charge is 0.203 e. The fourth-order valence-electron chi connectivity index (χ4n) is 1.78. The molecular formula is C11H18N6O. The summed E-state index contributed by atoms with van der Waals surface area (Å²) in [6, 6.07) is 0. The first-order valence-electron chi connectivity index (χ1n) is 5.95. The van der Waals surface area contributed by atoms with Crippen molar-refractivity contribution >= 4 is 11.5 Å². The summed E-state index contributed by atoms with van der Waals surface area (Å²) in [4.78, 5) is 6.52. The molecule has 7 heteroatoms. The number of methoxy groups -OCH3 is 1. The van der Waals surface area contributed by atoms with Gasteiger partial charge in [0.15, 0.2) is 5.82 Å². The maximum Gasteiger partial charge on any atom is 0.203 e. The van der Waals surface area contributed by atoms with Gasteiger partial charge in [-0.3, -0.25) is 4.40 Å². The second-order valence-corrected chi connectivity index (χ2v) is 3.93. The maximum atomic E-state index is 5.56. The summed E-state index contributed by atoms with van der Waals surface area (Å²) >= 11 is 0. The van der Waals surface area contributed by atoms with Gasteiger partial charge in [0.05, 0.1) is 6.61 Å². The monoisotopic (exact) mass is 250 g/mol. The highest BCUT2D eigenvalue weighted by Gasteiger charge is 2.12. The number of nitrogens with two attached hydrogens (primary N) is 1. The van der Waals surface area contributed by atoms with Gasteiger partial charge in [0, 0.05) is 32.6 Å². The molecule has 18 heavy (non-hydrogen) atoms. The molecule has 0 aliphatic carbocycles. The second-order valence-electron chi connectivity index (χ2n) is 3.93. The first-order chi connectivity index (χ1) is 8.86. The number of hydrogen-bond acceptors (Lipinski definition) is 6. The Morgan fingerprint density at radius 2 is 2.33 bits per heavy atom. The molecule has 2 aromatic rings. The van der Waals surface area contributed by atoms with Gasteiger partial charge < -0.3 is 15.4 Å². The molecule has 7 nitrogen and oxygen atoms in total. The van der Waals surface area contributed by atoms with E-state index < -0.39 is 0 Å². The summed E-state index contributed by atoms with van der Waals surface area (Å²) < 4.78 is 6.98. The highest BCUT2D eigenvalue weighted by atomic mass is 16.5. The average Bonchev–Trinajstić information content (AvgIpc) is 2.87. The molecule has 0 fully saturated rings. The largest absolute Gasteiger partial charge is 0.383 e. The Bertz CT molecular complexity index is 477. The minimum absolute atomic E-state index is 0.640. The summed E-state index contributed by atoms with van der Waals surface area (Å²) in [7, 11) is 1.69. The van der Waals surface area contributed by atoms with Gasteiger partial charge in [0.1, 0.15) is 6.33 Å². The number of hydrogen-bond donors (Lipinski definition) is 1. The van der Waals surface area contributed by atoms with Crippen LogP contribution in [0.1, 0.15) is 6.42 Å². The van der Waals surface area contributed by atoms with Crippen molar-refractivity contribution < 1.29 is 4.74 Å². The predicted molar refractivity (Wildman–Crippen MR) is 68.5 cm³/mol. The number of anilines is 1. The predicted octanol–water partition coefficient (Wildman–Crippen LogP) is -0.0741. The van der Waals surface area contributed by atoms with Crippen LogP contribution in [0.3, 0.4) is 0 Å². The molecule has 0 amide bonds. The van der Waals surface area contributed by atoms with Gasteiger partial charge in [-0.15, -0.1) is 10.2 Å². The van der Waals surface area contributed by atoms with Crippen molar-refractivity contribution in [2.75, 3.05) is 38.3 Å². The summed E-state index contributed by atoms with van der Waals surface area (Å²) in [6.07, 6.45) is 6.14.